The van der Waals surface area contributed by atoms with Crippen molar-refractivity contribution in [1.82, 2.24) is 14.8 Å². The topological polar surface area (TPSA) is 36.4 Å². The first-order valence-electron chi connectivity index (χ1n) is 9.58. The Morgan fingerprint density at radius 3 is 2.96 bits per heavy atom. The monoisotopic (exact) mass is 397 g/mol. The molecule has 6 heteroatoms. The Kier molecular flexibility index (Phi) is 4.50. The molecule has 0 radical (unpaired) electrons. The summed E-state index contributed by atoms with van der Waals surface area (Å²) in [6.07, 6.45) is 3.67. The van der Waals surface area contributed by atoms with E-state index >= 15 is 0 Å². The van der Waals surface area contributed by atoms with Crippen LogP contribution in [0, 0.1) is 5.92 Å². The molecule has 0 spiro atoms. The second kappa shape index (κ2) is 7.00. The highest BCUT2D eigenvalue weighted by Crippen LogP contribution is 2.48. The molecule has 140 valence electrons. The Morgan fingerprint density at radius 1 is 1.30 bits per heavy atom. The first kappa shape index (κ1) is 17.3. The Hall–Kier alpha value is -1.76. The van der Waals surface area contributed by atoms with E-state index in [1.54, 1.807) is 11.3 Å². The minimum absolute atomic E-state index is 0.193. The number of rotatable bonds is 5. The van der Waals surface area contributed by atoms with Gasteiger partial charge >= 0.3 is 0 Å². The summed E-state index contributed by atoms with van der Waals surface area (Å²) >= 11 is 3.56. The zero-order valence-electron chi connectivity index (χ0n) is 15.4. The van der Waals surface area contributed by atoms with Crippen LogP contribution >= 0.6 is 22.7 Å². The van der Waals surface area contributed by atoms with Gasteiger partial charge in [-0.15, -0.1) is 22.7 Å². The van der Waals surface area contributed by atoms with E-state index in [4.69, 9.17) is 0 Å². The fourth-order valence-corrected chi connectivity index (χ4v) is 6.05. The summed E-state index contributed by atoms with van der Waals surface area (Å²) < 4.78 is 1.18. The van der Waals surface area contributed by atoms with Gasteiger partial charge < -0.3 is 4.90 Å². The highest BCUT2D eigenvalue weighted by molar-refractivity contribution is 7.18. The van der Waals surface area contributed by atoms with Crippen LogP contribution in [0.5, 0.6) is 0 Å². The Balaban J connectivity index is 1.28. The van der Waals surface area contributed by atoms with Gasteiger partial charge in [-0.05, 0) is 54.3 Å². The lowest BCUT2D eigenvalue weighted by atomic mass is 9.96. The van der Waals surface area contributed by atoms with Gasteiger partial charge in [0.25, 0.3) is 0 Å². The lowest BCUT2D eigenvalue weighted by Gasteiger charge is -2.36. The normalized spacial score (nSPS) is 20.0. The van der Waals surface area contributed by atoms with Gasteiger partial charge in [-0.25, -0.2) is 4.98 Å². The summed E-state index contributed by atoms with van der Waals surface area (Å²) in [4.78, 5) is 23.4. The molecule has 0 bridgehead atoms. The van der Waals surface area contributed by atoms with Crippen LogP contribution < -0.4 is 0 Å². The molecule has 2 aromatic heterocycles. The minimum Gasteiger partial charge on any atom is -0.338 e. The molecule has 1 atom stereocenters. The Morgan fingerprint density at radius 2 is 2.15 bits per heavy atom. The van der Waals surface area contributed by atoms with E-state index in [0.717, 1.165) is 29.4 Å². The highest BCUT2D eigenvalue weighted by atomic mass is 32.1. The summed E-state index contributed by atoms with van der Waals surface area (Å²) in [6.45, 7) is 2.09. The first-order chi connectivity index (χ1) is 13.2. The third kappa shape index (κ3) is 3.42. The Bertz CT molecular complexity index is 942. The number of hydrogen-bond acceptors (Lipinski definition) is 5. The lowest BCUT2D eigenvalue weighted by Crippen LogP contribution is -2.43. The predicted octanol–water partition coefficient (Wildman–Crippen LogP) is 4.33. The fraction of sp³-hybridized carbons (Fsp3) is 0.429. The number of carbonyl (C=O) groups is 1. The van der Waals surface area contributed by atoms with Gasteiger partial charge in [-0.2, -0.15) is 0 Å². The molecule has 2 aliphatic rings. The third-order valence-corrected chi connectivity index (χ3v) is 7.68. The number of benzene rings is 1. The third-order valence-electron chi connectivity index (χ3n) is 5.66. The van der Waals surface area contributed by atoms with Gasteiger partial charge in [0.1, 0.15) is 5.01 Å². The number of thiophene rings is 1. The average molecular weight is 398 g/mol. The minimum atomic E-state index is 0.193. The number of fused-ring (bicyclic) bond motifs is 2. The van der Waals surface area contributed by atoms with Crippen LogP contribution in [-0.4, -0.2) is 40.8 Å². The van der Waals surface area contributed by atoms with E-state index < -0.39 is 0 Å². The maximum Gasteiger partial charge on any atom is 0.236 e. The van der Waals surface area contributed by atoms with E-state index in [1.807, 2.05) is 41.5 Å². The summed E-state index contributed by atoms with van der Waals surface area (Å²) in [7, 11) is 1.90. The van der Waals surface area contributed by atoms with Crippen LogP contribution in [0.4, 0.5) is 0 Å². The van der Waals surface area contributed by atoms with Crippen molar-refractivity contribution in [3.63, 3.8) is 0 Å². The maximum atomic E-state index is 12.9. The van der Waals surface area contributed by atoms with E-state index in [0.29, 0.717) is 19.1 Å². The summed E-state index contributed by atoms with van der Waals surface area (Å²) in [5.74, 6) is 0.930. The number of nitrogens with zero attached hydrogens (tertiary/aromatic N) is 3. The molecule has 0 unspecified atom stereocenters. The molecule has 5 rings (SSSR count). The number of likely N-dealkylation sites (N-methyl/N-ethyl adjacent to an activating group) is 1. The molecule has 1 aromatic carbocycles. The zero-order valence-corrected chi connectivity index (χ0v) is 17.1. The molecular formula is C21H23N3OS2. The largest absolute Gasteiger partial charge is 0.338 e. The predicted molar refractivity (Wildman–Crippen MR) is 111 cm³/mol. The molecule has 1 aliphatic heterocycles. The molecule has 1 aliphatic carbocycles. The molecule has 1 amide bonds. The number of aromatic nitrogens is 1. The number of thiazole rings is 1. The highest BCUT2D eigenvalue weighted by Gasteiger charge is 2.40. The van der Waals surface area contributed by atoms with Crippen LogP contribution in [0.2, 0.25) is 0 Å². The van der Waals surface area contributed by atoms with Crippen molar-refractivity contribution in [2.75, 3.05) is 20.1 Å². The Labute approximate surface area is 167 Å². The molecule has 3 aromatic rings. The van der Waals surface area contributed by atoms with Gasteiger partial charge in [0.2, 0.25) is 5.91 Å². The second-order valence-electron chi connectivity index (χ2n) is 7.63. The molecule has 4 nitrogen and oxygen atoms in total. The molecule has 1 saturated carbocycles. The van der Waals surface area contributed by atoms with Crippen molar-refractivity contribution in [3.05, 3.63) is 51.2 Å². The number of amides is 1. The van der Waals surface area contributed by atoms with Crippen LogP contribution in [0.15, 0.2) is 35.7 Å². The average Bonchev–Trinajstić information content (AvgIpc) is 3.24. The van der Waals surface area contributed by atoms with Crippen LogP contribution in [0.25, 0.3) is 10.2 Å². The van der Waals surface area contributed by atoms with Crippen molar-refractivity contribution in [2.24, 2.45) is 5.92 Å². The number of hydrogen-bond donors (Lipinski definition) is 0. The van der Waals surface area contributed by atoms with Crippen LogP contribution in [-0.2, 0) is 17.8 Å². The van der Waals surface area contributed by atoms with E-state index in [-0.39, 0.29) is 5.91 Å². The fourth-order valence-electron chi connectivity index (χ4n) is 4.11. The molecule has 27 heavy (non-hydrogen) atoms. The maximum absolute atomic E-state index is 12.9. The molecule has 0 saturated heterocycles. The van der Waals surface area contributed by atoms with Gasteiger partial charge in [-0.3, -0.25) is 9.69 Å². The van der Waals surface area contributed by atoms with Crippen molar-refractivity contribution < 1.29 is 4.79 Å². The quantitative estimate of drug-likeness (QED) is 0.643. The molecule has 0 N–H and O–H groups in total. The second-order valence-corrected chi connectivity index (χ2v) is 9.74. The zero-order chi connectivity index (χ0) is 18.4. The van der Waals surface area contributed by atoms with Crippen molar-refractivity contribution in [2.45, 2.75) is 31.8 Å². The van der Waals surface area contributed by atoms with E-state index in [9.17, 15) is 4.79 Å². The van der Waals surface area contributed by atoms with E-state index in [2.05, 4.69) is 27.4 Å². The standard InChI is InChI=1S/C21H23N3OS2/c1-23(12-19-22-16-4-2-3-5-18(16)27-19)20(25)13-24-10-8-17-15(9-11-26-17)21(24)14-6-7-14/h2-5,9,11,14,21H,6-8,10,12-13H2,1H3/t21-/m1/s1. The summed E-state index contributed by atoms with van der Waals surface area (Å²) in [5.41, 5.74) is 2.50. The first-order valence-corrected chi connectivity index (χ1v) is 11.3. The van der Waals surface area contributed by atoms with Crippen LogP contribution in [0.1, 0.15) is 34.3 Å². The molecular weight excluding hydrogens is 374 g/mol. The van der Waals surface area contributed by atoms with Gasteiger partial charge in [0, 0.05) is 24.5 Å². The van der Waals surface area contributed by atoms with Gasteiger partial charge in [0.05, 0.1) is 23.3 Å². The summed E-state index contributed by atoms with van der Waals surface area (Å²) in [6, 6.07) is 10.9. The van der Waals surface area contributed by atoms with Gasteiger partial charge in [0.15, 0.2) is 0 Å². The number of para-hydroxylation sites is 1. The lowest BCUT2D eigenvalue weighted by molar-refractivity contribution is -0.132. The van der Waals surface area contributed by atoms with Gasteiger partial charge in [-0.1, -0.05) is 12.1 Å². The molecule has 1 fully saturated rings. The number of carbonyl (C=O) groups excluding carboxylic acids is 1. The van der Waals surface area contributed by atoms with Crippen molar-refractivity contribution in [3.8, 4) is 0 Å². The molecule has 3 heterocycles. The smallest absolute Gasteiger partial charge is 0.236 e. The van der Waals surface area contributed by atoms with Crippen LogP contribution in [0.3, 0.4) is 0 Å². The summed E-state index contributed by atoms with van der Waals surface area (Å²) in [5, 5.41) is 3.22. The van der Waals surface area contributed by atoms with Crippen molar-refractivity contribution in [1.29, 1.82) is 0 Å². The van der Waals surface area contributed by atoms with Crippen molar-refractivity contribution >= 4 is 38.8 Å². The van der Waals surface area contributed by atoms with E-state index in [1.165, 1.54) is 28.0 Å². The SMILES string of the molecule is CN(Cc1nc2ccccc2s1)C(=O)CN1CCc2sccc2[C@H]1C1CC1.